The van der Waals surface area contributed by atoms with Crippen LogP contribution in [0.1, 0.15) is 61.4 Å². The smallest absolute Gasteiger partial charge is 0.135 e. The Kier molecular flexibility index (Phi) is 5.23. The molecular weight excluding hydrogens is 336 g/mol. The molecule has 0 radical (unpaired) electrons. The van der Waals surface area contributed by atoms with Gasteiger partial charge in [0.1, 0.15) is 23.3 Å². The Balaban J connectivity index is 1.59. The molecule has 144 valence electrons. The average Bonchev–Trinajstić information content (AvgIpc) is 3.22. The lowest BCUT2D eigenvalue weighted by Crippen LogP contribution is -2.36. The number of nitrogens with zero attached hydrogens (tertiary/aromatic N) is 6. The van der Waals surface area contributed by atoms with Crippen LogP contribution in [0.2, 0.25) is 0 Å². The summed E-state index contributed by atoms with van der Waals surface area (Å²) in [7, 11) is 0. The number of aryl methyl sites for hydroxylation is 3. The number of anilines is 2. The van der Waals surface area contributed by atoms with Crippen LogP contribution in [0.4, 0.5) is 11.6 Å². The summed E-state index contributed by atoms with van der Waals surface area (Å²) in [6, 6.07) is 2.23. The molecule has 2 aromatic heterocycles. The van der Waals surface area contributed by atoms with Crippen LogP contribution >= 0.6 is 0 Å². The number of piperidine rings is 1. The van der Waals surface area contributed by atoms with E-state index in [0.29, 0.717) is 5.92 Å². The van der Waals surface area contributed by atoms with Gasteiger partial charge in [0.2, 0.25) is 0 Å². The third-order valence-corrected chi connectivity index (χ3v) is 5.76. The highest BCUT2D eigenvalue weighted by Crippen LogP contribution is 2.31. The van der Waals surface area contributed by atoms with Gasteiger partial charge in [0.25, 0.3) is 0 Å². The van der Waals surface area contributed by atoms with Crippen molar-refractivity contribution in [2.24, 2.45) is 0 Å². The first-order chi connectivity index (χ1) is 13.1. The van der Waals surface area contributed by atoms with Crippen molar-refractivity contribution in [1.82, 2.24) is 19.9 Å². The third-order valence-electron chi connectivity index (χ3n) is 5.76. The zero-order valence-corrected chi connectivity index (χ0v) is 16.8. The number of hydrogen-bond acceptors (Lipinski definition) is 6. The summed E-state index contributed by atoms with van der Waals surface area (Å²) in [5, 5.41) is 0. The van der Waals surface area contributed by atoms with Crippen LogP contribution in [-0.4, -0.2) is 46.1 Å². The SMILES string of the molecule is CCc1cnc(C)nc1N1CCCC(c2cc(N3CCCC3)nc(C)n2)C1. The van der Waals surface area contributed by atoms with Gasteiger partial charge in [-0.2, -0.15) is 0 Å². The summed E-state index contributed by atoms with van der Waals surface area (Å²) in [5.74, 6) is 4.39. The maximum Gasteiger partial charge on any atom is 0.135 e. The number of hydrogen-bond donors (Lipinski definition) is 0. The van der Waals surface area contributed by atoms with E-state index >= 15 is 0 Å². The van der Waals surface area contributed by atoms with Crippen LogP contribution in [-0.2, 0) is 6.42 Å². The van der Waals surface area contributed by atoms with Crippen molar-refractivity contribution in [3.8, 4) is 0 Å². The molecule has 0 spiro atoms. The summed E-state index contributed by atoms with van der Waals surface area (Å²) in [5.41, 5.74) is 2.43. The highest BCUT2D eigenvalue weighted by atomic mass is 15.2. The molecule has 4 rings (SSSR count). The Morgan fingerprint density at radius 1 is 0.963 bits per heavy atom. The van der Waals surface area contributed by atoms with Crippen molar-refractivity contribution >= 4 is 11.6 Å². The Hall–Kier alpha value is -2.24. The van der Waals surface area contributed by atoms with Crippen molar-refractivity contribution in [2.45, 2.75) is 58.8 Å². The molecule has 2 aliphatic heterocycles. The second kappa shape index (κ2) is 7.79. The van der Waals surface area contributed by atoms with E-state index in [1.165, 1.54) is 36.9 Å². The van der Waals surface area contributed by atoms with E-state index in [-0.39, 0.29) is 0 Å². The first-order valence-electron chi connectivity index (χ1n) is 10.3. The highest BCUT2D eigenvalue weighted by molar-refractivity contribution is 5.48. The molecule has 0 bridgehead atoms. The zero-order chi connectivity index (χ0) is 18.8. The minimum absolute atomic E-state index is 0.432. The quantitative estimate of drug-likeness (QED) is 0.826. The summed E-state index contributed by atoms with van der Waals surface area (Å²) >= 11 is 0. The molecular formula is C21H30N6. The van der Waals surface area contributed by atoms with Gasteiger partial charge in [-0.3, -0.25) is 0 Å². The number of rotatable bonds is 4. The highest BCUT2D eigenvalue weighted by Gasteiger charge is 2.26. The minimum atomic E-state index is 0.432. The fraction of sp³-hybridized carbons (Fsp3) is 0.619. The first kappa shape index (κ1) is 18.1. The van der Waals surface area contributed by atoms with Crippen molar-refractivity contribution < 1.29 is 0 Å². The lowest BCUT2D eigenvalue weighted by Gasteiger charge is -2.34. The zero-order valence-electron chi connectivity index (χ0n) is 16.8. The van der Waals surface area contributed by atoms with Crippen LogP contribution in [0, 0.1) is 13.8 Å². The topological polar surface area (TPSA) is 58.0 Å². The lowest BCUT2D eigenvalue weighted by atomic mass is 9.94. The Morgan fingerprint density at radius 2 is 1.74 bits per heavy atom. The first-order valence-corrected chi connectivity index (χ1v) is 10.3. The molecule has 2 aromatic rings. The fourth-order valence-corrected chi connectivity index (χ4v) is 4.31. The monoisotopic (exact) mass is 366 g/mol. The van der Waals surface area contributed by atoms with Gasteiger partial charge < -0.3 is 9.80 Å². The summed E-state index contributed by atoms with van der Waals surface area (Å²) in [6.07, 6.45) is 7.83. The molecule has 2 aliphatic rings. The molecule has 6 heteroatoms. The van der Waals surface area contributed by atoms with Gasteiger partial charge in [-0.15, -0.1) is 0 Å². The normalized spacial score (nSPS) is 20.3. The van der Waals surface area contributed by atoms with E-state index in [1.807, 2.05) is 20.0 Å². The number of aromatic nitrogens is 4. The van der Waals surface area contributed by atoms with Crippen LogP contribution in [0.25, 0.3) is 0 Å². The largest absolute Gasteiger partial charge is 0.357 e. The second-order valence-electron chi connectivity index (χ2n) is 7.80. The van der Waals surface area contributed by atoms with Crippen molar-refractivity contribution in [1.29, 1.82) is 0 Å². The Bertz CT molecular complexity index is 799. The maximum atomic E-state index is 4.82. The van der Waals surface area contributed by atoms with Gasteiger partial charge in [-0.1, -0.05) is 6.92 Å². The molecule has 2 saturated heterocycles. The molecule has 1 unspecified atom stereocenters. The predicted octanol–water partition coefficient (Wildman–Crippen LogP) is 3.43. The molecule has 27 heavy (non-hydrogen) atoms. The maximum absolute atomic E-state index is 4.82. The molecule has 0 aliphatic carbocycles. The molecule has 0 saturated carbocycles. The Labute approximate surface area is 162 Å². The average molecular weight is 367 g/mol. The van der Waals surface area contributed by atoms with Gasteiger partial charge in [-0.25, -0.2) is 19.9 Å². The second-order valence-corrected chi connectivity index (χ2v) is 7.80. The van der Waals surface area contributed by atoms with Gasteiger partial charge in [0.15, 0.2) is 0 Å². The van der Waals surface area contributed by atoms with Crippen LogP contribution in [0.15, 0.2) is 12.3 Å². The van der Waals surface area contributed by atoms with Crippen LogP contribution in [0.3, 0.4) is 0 Å². The predicted molar refractivity (Wildman–Crippen MR) is 109 cm³/mol. The fourth-order valence-electron chi connectivity index (χ4n) is 4.31. The van der Waals surface area contributed by atoms with Crippen molar-refractivity contribution in [3.63, 3.8) is 0 Å². The van der Waals surface area contributed by atoms with Gasteiger partial charge >= 0.3 is 0 Å². The van der Waals surface area contributed by atoms with E-state index in [4.69, 9.17) is 15.0 Å². The molecule has 0 amide bonds. The third kappa shape index (κ3) is 3.89. The molecule has 4 heterocycles. The van der Waals surface area contributed by atoms with Crippen LogP contribution < -0.4 is 9.80 Å². The van der Waals surface area contributed by atoms with E-state index in [2.05, 4.69) is 27.8 Å². The molecule has 0 aromatic carbocycles. The van der Waals surface area contributed by atoms with Gasteiger partial charge in [0.05, 0.1) is 5.69 Å². The summed E-state index contributed by atoms with van der Waals surface area (Å²) in [4.78, 5) is 23.5. The van der Waals surface area contributed by atoms with E-state index < -0.39 is 0 Å². The molecule has 2 fully saturated rings. The molecule has 1 atom stereocenters. The molecule has 0 N–H and O–H groups in total. The van der Waals surface area contributed by atoms with E-state index in [0.717, 1.165) is 55.9 Å². The van der Waals surface area contributed by atoms with Crippen LogP contribution in [0.5, 0.6) is 0 Å². The van der Waals surface area contributed by atoms with E-state index in [9.17, 15) is 0 Å². The summed E-state index contributed by atoms with van der Waals surface area (Å²) < 4.78 is 0. The van der Waals surface area contributed by atoms with Gasteiger partial charge in [0, 0.05) is 49.9 Å². The molecule has 6 nitrogen and oxygen atoms in total. The standard InChI is InChI=1S/C21H30N6/c1-4-17-13-22-15(2)25-21(17)27-11-7-8-18(14-27)19-12-20(24-16(3)23-19)26-9-5-6-10-26/h12-13,18H,4-11,14H2,1-3H3. The van der Waals surface area contributed by atoms with Gasteiger partial charge in [-0.05, 0) is 46.0 Å². The Morgan fingerprint density at radius 3 is 2.52 bits per heavy atom. The van der Waals surface area contributed by atoms with E-state index in [1.54, 1.807) is 0 Å². The van der Waals surface area contributed by atoms with Crippen molar-refractivity contribution in [2.75, 3.05) is 36.0 Å². The minimum Gasteiger partial charge on any atom is -0.357 e. The van der Waals surface area contributed by atoms with Crippen molar-refractivity contribution in [3.05, 3.63) is 35.2 Å². The summed E-state index contributed by atoms with van der Waals surface area (Å²) in [6.45, 7) is 10.4. The lowest BCUT2D eigenvalue weighted by molar-refractivity contribution is 0.495.